The monoisotopic (exact) mass is 287 g/mol. The second-order valence-electron chi connectivity index (χ2n) is 4.14. The van der Waals surface area contributed by atoms with Crippen molar-refractivity contribution in [3.05, 3.63) is 21.9 Å². The fraction of sp³-hybridized carbons (Fsp3) is 0.615. The lowest BCUT2D eigenvalue weighted by molar-refractivity contribution is -0.140. The number of ether oxygens (including phenoxy) is 1. The number of nitrogens with two attached hydrogens (primary N) is 1. The second-order valence-corrected chi connectivity index (χ2v) is 6.71. The largest absolute Gasteiger partial charge is 0.469 e. The van der Waals surface area contributed by atoms with Gasteiger partial charge in [0.05, 0.1) is 18.8 Å². The SMILES string of the molecule is CCC(N)C(SCCC(=O)OC)c1ccc(C)s1. The lowest BCUT2D eigenvalue weighted by atomic mass is 10.1. The van der Waals surface area contributed by atoms with Crippen LogP contribution in [0.5, 0.6) is 0 Å². The Kier molecular flexibility index (Phi) is 6.75. The number of thioether (sulfide) groups is 1. The van der Waals surface area contributed by atoms with Crippen LogP contribution in [0.3, 0.4) is 0 Å². The summed E-state index contributed by atoms with van der Waals surface area (Å²) in [7, 11) is 1.42. The van der Waals surface area contributed by atoms with Gasteiger partial charge in [-0.25, -0.2) is 0 Å². The molecule has 0 amide bonds. The van der Waals surface area contributed by atoms with Crippen LogP contribution in [-0.4, -0.2) is 24.9 Å². The standard InChI is InChI=1S/C13H21NO2S2/c1-4-10(14)13(11-6-5-9(2)18-11)17-8-7-12(15)16-3/h5-6,10,13H,4,7-8,14H2,1-3H3. The fourth-order valence-corrected chi connectivity index (χ4v) is 4.11. The summed E-state index contributed by atoms with van der Waals surface area (Å²) in [5.74, 6) is 0.593. The van der Waals surface area contributed by atoms with Crippen molar-refractivity contribution < 1.29 is 9.53 Å². The molecule has 2 unspecified atom stereocenters. The number of hydrogen-bond acceptors (Lipinski definition) is 5. The highest BCUT2D eigenvalue weighted by molar-refractivity contribution is 7.99. The Labute approximate surface area is 117 Å². The number of aryl methyl sites for hydroxylation is 1. The minimum atomic E-state index is -0.159. The molecule has 0 saturated heterocycles. The summed E-state index contributed by atoms with van der Waals surface area (Å²) in [6.45, 7) is 4.20. The zero-order valence-electron chi connectivity index (χ0n) is 11.1. The van der Waals surface area contributed by atoms with Gasteiger partial charge >= 0.3 is 5.97 Å². The van der Waals surface area contributed by atoms with Gasteiger partial charge in [0, 0.05) is 21.5 Å². The van der Waals surface area contributed by atoms with Crippen molar-refractivity contribution in [1.29, 1.82) is 0 Å². The van der Waals surface area contributed by atoms with E-state index in [9.17, 15) is 4.79 Å². The zero-order chi connectivity index (χ0) is 13.5. The van der Waals surface area contributed by atoms with Crippen molar-refractivity contribution in [2.75, 3.05) is 12.9 Å². The van der Waals surface area contributed by atoms with Crippen molar-refractivity contribution in [3.63, 3.8) is 0 Å². The molecule has 2 atom stereocenters. The van der Waals surface area contributed by atoms with Gasteiger partial charge in [-0.2, -0.15) is 11.8 Å². The summed E-state index contributed by atoms with van der Waals surface area (Å²) in [6.07, 6.45) is 1.38. The van der Waals surface area contributed by atoms with Gasteiger partial charge in [0.1, 0.15) is 0 Å². The smallest absolute Gasteiger partial charge is 0.306 e. The average Bonchev–Trinajstić information content (AvgIpc) is 2.79. The predicted molar refractivity (Wildman–Crippen MR) is 79.2 cm³/mol. The number of methoxy groups -OCH3 is 1. The molecule has 0 fully saturated rings. The van der Waals surface area contributed by atoms with E-state index in [1.165, 1.54) is 16.9 Å². The summed E-state index contributed by atoms with van der Waals surface area (Å²) < 4.78 is 4.65. The van der Waals surface area contributed by atoms with E-state index < -0.39 is 0 Å². The Bertz CT molecular complexity index is 379. The quantitative estimate of drug-likeness (QED) is 0.783. The van der Waals surface area contributed by atoms with Crippen molar-refractivity contribution >= 4 is 29.1 Å². The van der Waals surface area contributed by atoms with Crippen LogP contribution in [0.15, 0.2) is 12.1 Å². The molecular formula is C13H21NO2S2. The van der Waals surface area contributed by atoms with Gasteiger partial charge in [0.25, 0.3) is 0 Å². The first-order valence-electron chi connectivity index (χ1n) is 6.08. The fourth-order valence-electron chi connectivity index (χ4n) is 1.61. The third-order valence-corrected chi connectivity index (χ3v) is 5.37. The van der Waals surface area contributed by atoms with Crippen LogP contribution in [0.25, 0.3) is 0 Å². The van der Waals surface area contributed by atoms with E-state index in [0.29, 0.717) is 6.42 Å². The molecule has 0 aromatic carbocycles. The highest BCUT2D eigenvalue weighted by atomic mass is 32.2. The molecule has 1 rings (SSSR count). The van der Waals surface area contributed by atoms with E-state index in [1.54, 1.807) is 23.1 Å². The maximum absolute atomic E-state index is 11.1. The Morgan fingerprint density at radius 3 is 2.78 bits per heavy atom. The first-order chi connectivity index (χ1) is 8.58. The summed E-state index contributed by atoms with van der Waals surface area (Å²) >= 11 is 3.54. The van der Waals surface area contributed by atoms with Crippen LogP contribution in [0.1, 0.15) is 34.8 Å². The normalized spacial score (nSPS) is 14.2. The molecular weight excluding hydrogens is 266 g/mol. The molecule has 0 spiro atoms. The van der Waals surface area contributed by atoms with Crippen LogP contribution < -0.4 is 5.73 Å². The molecule has 0 bridgehead atoms. The Hall–Kier alpha value is -0.520. The summed E-state index contributed by atoms with van der Waals surface area (Å²) in [5, 5.41) is 0.276. The molecule has 2 N–H and O–H groups in total. The minimum absolute atomic E-state index is 0.130. The molecule has 5 heteroatoms. The van der Waals surface area contributed by atoms with E-state index >= 15 is 0 Å². The lowest BCUT2D eigenvalue weighted by Gasteiger charge is -2.21. The second kappa shape index (κ2) is 7.81. The Balaban J connectivity index is 2.59. The van der Waals surface area contributed by atoms with Gasteiger partial charge < -0.3 is 10.5 Å². The molecule has 18 heavy (non-hydrogen) atoms. The maximum atomic E-state index is 11.1. The topological polar surface area (TPSA) is 52.3 Å². The van der Waals surface area contributed by atoms with Gasteiger partial charge in [-0.3, -0.25) is 4.79 Å². The number of rotatable bonds is 7. The molecule has 0 radical (unpaired) electrons. The van der Waals surface area contributed by atoms with Crippen LogP contribution in [0.4, 0.5) is 0 Å². The first-order valence-corrected chi connectivity index (χ1v) is 7.95. The Morgan fingerprint density at radius 2 is 2.28 bits per heavy atom. The number of thiophene rings is 1. The van der Waals surface area contributed by atoms with Crippen LogP contribution in [0, 0.1) is 6.92 Å². The van der Waals surface area contributed by atoms with Gasteiger partial charge in [0.15, 0.2) is 0 Å². The van der Waals surface area contributed by atoms with Crippen LogP contribution in [0.2, 0.25) is 0 Å². The maximum Gasteiger partial charge on any atom is 0.306 e. The highest BCUT2D eigenvalue weighted by Gasteiger charge is 2.20. The molecule has 1 aromatic rings. The number of carbonyl (C=O) groups excluding carboxylic acids is 1. The minimum Gasteiger partial charge on any atom is -0.469 e. The third-order valence-electron chi connectivity index (χ3n) is 2.73. The summed E-state index contributed by atoms with van der Waals surface area (Å²) in [4.78, 5) is 13.7. The van der Waals surface area contributed by atoms with Gasteiger partial charge in [-0.05, 0) is 25.5 Å². The van der Waals surface area contributed by atoms with E-state index in [-0.39, 0.29) is 17.3 Å². The van der Waals surface area contributed by atoms with Crippen LogP contribution in [-0.2, 0) is 9.53 Å². The molecule has 1 aromatic heterocycles. The summed E-state index contributed by atoms with van der Waals surface area (Å²) in [5.41, 5.74) is 6.18. The zero-order valence-corrected chi connectivity index (χ0v) is 12.8. The highest BCUT2D eigenvalue weighted by Crippen LogP contribution is 2.36. The lowest BCUT2D eigenvalue weighted by Crippen LogP contribution is -2.25. The van der Waals surface area contributed by atoms with Gasteiger partial charge in [-0.15, -0.1) is 11.3 Å². The molecule has 102 valence electrons. The molecule has 0 aliphatic rings. The van der Waals surface area contributed by atoms with E-state index in [4.69, 9.17) is 5.73 Å². The number of carbonyl (C=O) groups is 1. The Morgan fingerprint density at radius 1 is 1.56 bits per heavy atom. The van der Waals surface area contributed by atoms with Crippen molar-refractivity contribution in [3.8, 4) is 0 Å². The third kappa shape index (κ3) is 4.63. The van der Waals surface area contributed by atoms with E-state index in [0.717, 1.165) is 12.2 Å². The average molecular weight is 287 g/mol. The van der Waals surface area contributed by atoms with E-state index in [2.05, 4.69) is 30.7 Å². The number of esters is 1. The molecule has 0 saturated carbocycles. The van der Waals surface area contributed by atoms with Crippen molar-refractivity contribution in [2.45, 2.75) is 38.0 Å². The molecule has 0 aliphatic heterocycles. The van der Waals surface area contributed by atoms with Crippen molar-refractivity contribution in [1.82, 2.24) is 0 Å². The predicted octanol–water partition coefficient (Wildman–Crippen LogP) is 3.13. The van der Waals surface area contributed by atoms with Gasteiger partial charge in [-0.1, -0.05) is 6.92 Å². The molecule has 0 aliphatic carbocycles. The molecule has 1 heterocycles. The van der Waals surface area contributed by atoms with Gasteiger partial charge in [0.2, 0.25) is 0 Å². The summed E-state index contributed by atoms with van der Waals surface area (Å²) in [6, 6.07) is 4.40. The number of hydrogen-bond donors (Lipinski definition) is 1. The van der Waals surface area contributed by atoms with Crippen molar-refractivity contribution in [2.24, 2.45) is 5.73 Å². The van der Waals surface area contributed by atoms with E-state index in [1.807, 2.05) is 0 Å². The first kappa shape index (κ1) is 15.5. The molecule has 3 nitrogen and oxygen atoms in total. The van der Waals surface area contributed by atoms with Crippen LogP contribution >= 0.6 is 23.1 Å².